The van der Waals surface area contributed by atoms with Crippen LogP contribution < -0.4 is 0 Å². The average molecular weight is 225 g/mol. The summed E-state index contributed by atoms with van der Waals surface area (Å²) in [4.78, 5) is 16.8. The van der Waals surface area contributed by atoms with Crippen molar-refractivity contribution < 1.29 is 9.90 Å². The summed E-state index contributed by atoms with van der Waals surface area (Å²) in [5.41, 5.74) is 0.967. The van der Waals surface area contributed by atoms with E-state index in [2.05, 4.69) is 11.9 Å². The lowest BCUT2D eigenvalue weighted by Crippen LogP contribution is -2.25. The van der Waals surface area contributed by atoms with E-state index >= 15 is 0 Å². The number of hydrogen-bond acceptors (Lipinski definition) is 3. The fraction of sp³-hybridized carbons (Fsp3) is 0.636. The van der Waals surface area contributed by atoms with Gasteiger partial charge in [-0.15, -0.1) is 0 Å². The van der Waals surface area contributed by atoms with Crippen LogP contribution in [0.5, 0.6) is 0 Å². The van der Waals surface area contributed by atoms with Gasteiger partial charge in [0.1, 0.15) is 0 Å². The highest BCUT2D eigenvalue weighted by Crippen LogP contribution is 2.21. The fourth-order valence-corrected chi connectivity index (χ4v) is 1.75. The number of carbonyl (C=O) groups is 1. The maximum atomic E-state index is 10.8. The largest absolute Gasteiger partial charge is 0.481 e. The second-order valence-electron chi connectivity index (χ2n) is 4.09. The van der Waals surface area contributed by atoms with Crippen LogP contribution in [-0.4, -0.2) is 39.6 Å². The van der Waals surface area contributed by atoms with Crippen LogP contribution in [0.4, 0.5) is 0 Å². The Morgan fingerprint density at radius 1 is 1.62 bits per heavy atom. The zero-order valence-electron chi connectivity index (χ0n) is 10.1. The van der Waals surface area contributed by atoms with E-state index in [4.69, 9.17) is 5.11 Å². The molecule has 0 aliphatic heterocycles. The highest BCUT2D eigenvalue weighted by Gasteiger charge is 2.21. The predicted molar refractivity (Wildman–Crippen MR) is 61.2 cm³/mol. The van der Waals surface area contributed by atoms with Gasteiger partial charge >= 0.3 is 5.97 Å². The highest BCUT2D eigenvalue weighted by molar-refractivity contribution is 5.67. The van der Waals surface area contributed by atoms with Gasteiger partial charge in [-0.25, -0.2) is 4.98 Å². The molecular weight excluding hydrogens is 206 g/mol. The average Bonchev–Trinajstić information content (AvgIpc) is 2.62. The Bertz CT molecular complexity index is 347. The van der Waals surface area contributed by atoms with E-state index in [1.165, 1.54) is 0 Å². The Hall–Kier alpha value is -1.36. The standard InChI is InChI=1S/C11H19N3O2/c1-4-5-14-8-12-7-10(14)9(13(2)3)6-11(15)16/h7-9H,4-6H2,1-3H3,(H,15,16). The van der Waals surface area contributed by atoms with E-state index in [-0.39, 0.29) is 12.5 Å². The molecule has 0 amide bonds. The number of aromatic nitrogens is 2. The van der Waals surface area contributed by atoms with E-state index < -0.39 is 5.97 Å². The summed E-state index contributed by atoms with van der Waals surface area (Å²) < 4.78 is 2.02. The van der Waals surface area contributed by atoms with E-state index in [9.17, 15) is 4.79 Å². The summed E-state index contributed by atoms with van der Waals surface area (Å²) in [5, 5.41) is 8.90. The zero-order valence-corrected chi connectivity index (χ0v) is 10.1. The van der Waals surface area contributed by atoms with E-state index in [1.807, 2.05) is 23.6 Å². The molecule has 0 fully saturated rings. The maximum absolute atomic E-state index is 10.8. The molecule has 90 valence electrons. The molecule has 1 atom stereocenters. The molecule has 0 radical (unpaired) electrons. The van der Waals surface area contributed by atoms with Gasteiger partial charge in [-0.05, 0) is 20.5 Å². The molecule has 0 aliphatic rings. The topological polar surface area (TPSA) is 58.4 Å². The van der Waals surface area contributed by atoms with Crippen molar-refractivity contribution in [1.82, 2.24) is 14.5 Å². The molecule has 1 unspecified atom stereocenters. The summed E-state index contributed by atoms with van der Waals surface area (Å²) >= 11 is 0. The number of rotatable bonds is 6. The first-order valence-corrected chi connectivity index (χ1v) is 5.44. The fourth-order valence-electron chi connectivity index (χ4n) is 1.75. The van der Waals surface area contributed by atoms with Gasteiger partial charge in [0.2, 0.25) is 0 Å². The van der Waals surface area contributed by atoms with Gasteiger partial charge < -0.3 is 14.6 Å². The van der Waals surface area contributed by atoms with Crippen LogP contribution in [0.2, 0.25) is 0 Å². The number of nitrogens with zero attached hydrogens (tertiary/aromatic N) is 3. The lowest BCUT2D eigenvalue weighted by Gasteiger charge is -2.23. The molecule has 1 N–H and O–H groups in total. The van der Waals surface area contributed by atoms with Gasteiger partial charge in [-0.2, -0.15) is 0 Å². The minimum atomic E-state index is -0.789. The van der Waals surface area contributed by atoms with Crippen LogP contribution in [-0.2, 0) is 11.3 Å². The summed E-state index contributed by atoms with van der Waals surface area (Å²) in [6.45, 7) is 2.96. The summed E-state index contributed by atoms with van der Waals surface area (Å²) in [7, 11) is 3.77. The Morgan fingerprint density at radius 2 is 2.31 bits per heavy atom. The molecule has 1 rings (SSSR count). The van der Waals surface area contributed by atoms with Crippen molar-refractivity contribution in [2.45, 2.75) is 32.4 Å². The first kappa shape index (κ1) is 12.7. The van der Waals surface area contributed by atoms with Crippen LogP contribution in [0.1, 0.15) is 31.5 Å². The molecule has 16 heavy (non-hydrogen) atoms. The van der Waals surface area contributed by atoms with Crippen molar-refractivity contribution in [3.8, 4) is 0 Å². The minimum Gasteiger partial charge on any atom is -0.481 e. The lowest BCUT2D eigenvalue weighted by molar-refractivity contribution is -0.138. The monoisotopic (exact) mass is 225 g/mol. The second-order valence-corrected chi connectivity index (χ2v) is 4.09. The number of hydrogen-bond donors (Lipinski definition) is 1. The molecule has 5 nitrogen and oxygen atoms in total. The van der Waals surface area contributed by atoms with Crippen LogP contribution in [0, 0.1) is 0 Å². The highest BCUT2D eigenvalue weighted by atomic mass is 16.4. The van der Waals surface area contributed by atoms with Crippen molar-refractivity contribution in [3.63, 3.8) is 0 Å². The van der Waals surface area contributed by atoms with Crippen molar-refractivity contribution in [1.29, 1.82) is 0 Å². The number of aliphatic carboxylic acids is 1. The van der Waals surface area contributed by atoms with Crippen LogP contribution in [0.25, 0.3) is 0 Å². The molecule has 0 aromatic carbocycles. The summed E-state index contributed by atoms with van der Waals surface area (Å²) in [6.07, 6.45) is 4.62. The SMILES string of the molecule is CCCn1cncc1C(CC(=O)O)N(C)C. The van der Waals surface area contributed by atoms with Gasteiger partial charge in [0, 0.05) is 12.7 Å². The minimum absolute atomic E-state index is 0.0996. The Kier molecular flexibility index (Phi) is 4.49. The number of aryl methyl sites for hydroxylation is 1. The number of carboxylic acids is 1. The molecule has 5 heteroatoms. The normalized spacial score (nSPS) is 13.0. The van der Waals surface area contributed by atoms with Gasteiger partial charge in [-0.3, -0.25) is 4.79 Å². The molecule has 0 saturated carbocycles. The van der Waals surface area contributed by atoms with Crippen LogP contribution in [0.15, 0.2) is 12.5 Å². The summed E-state index contributed by atoms with van der Waals surface area (Å²) in [6, 6.07) is -0.119. The first-order valence-electron chi connectivity index (χ1n) is 5.44. The van der Waals surface area contributed by atoms with E-state index in [0.717, 1.165) is 18.7 Å². The molecule has 0 aliphatic carbocycles. The van der Waals surface area contributed by atoms with Crippen LogP contribution >= 0.6 is 0 Å². The van der Waals surface area contributed by atoms with Crippen LogP contribution in [0.3, 0.4) is 0 Å². The Balaban J connectivity index is 2.91. The van der Waals surface area contributed by atoms with Crippen molar-refractivity contribution in [2.75, 3.05) is 14.1 Å². The van der Waals surface area contributed by atoms with Gasteiger partial charge in [-0.1, -0.05) is 6.92 Å². The Morgan fingerprint density at radius 3 is 2.81 bits per heavy atom. The van der Waals surface area contributed by atoms with Gasteiger partial charge in [0.05, 0.1) is 24.5 Å². The first-order chi connectivity index (χ1) is 7.56. The third-order valence-electron chi connectivity index (χ3n) is 2.54. The van der Waals surface area contributed by atoms with Crippen molar-refractivity contribution in [2.24, 2.45) is 0 Å². The van der Waals surface area contributed by atoms with Crippen molar-refractivity contribution in [3.05, 3.63) is 18.2 Å². The summed E-state index contributed by atoms with van der Waals surface area (Å²) in [5.74, 6) is -0.789. The molecule has 1 aromatic heterocycles. The molecule has 0 spiro atoms. The maximum Gasteiger partial charge on any atom is 0.305 e. The van der Waals surface area contributed by atoms with E-state index in [0.29, 0.717) is 0 Å². The zero-order chi connectivity index (χ0) is 12.1. The van der Waals surface area contributed by atoms with Gasteiger partial charge in [0.15, 0.2) is 0 Å². The third kappa shape index (κ3) is 3.06. The smallest absolute Gasteiger partial charge is 0.305 e. The molecular formula is C11H19N3O2. The predicted octanol–water partition coefficient (Wildman–Crippen LogP) is 1.37. The van der Waals surface area contributed by atoms with Crippen molar-refractivity contribution >= 4 is 5.97 Å². The lowest BCUT2D eigenvalue weighted by atomic mass is 10.1. The number of carboxylic acid groups (broad SMARTS) is 1. The molecule has 1 aromatic rings. The molecule has 1 heterocycles. The Labute approximate surface area is 95.7 Å². The molecule has 0 saturated heterocycles. The second kappa shape index (κ2) is 5.65. The quantitative estimate of drug-likeness (QED) is 0.794. The van der Waals surface area contributed by atoms with Gasteiger partial charge in [0.25, 0.3) is 0 Å². The third-order valence-corrected chi connectivity index (χ3v) is 2.54. The van der Waals surface area contributed by atoms with E-state index in [1.54, 1.807) is 12.5 Å². The number of imidazole rings is 1. The molecule has 0 bridgehead atoms.